The lowest BCUT2D eigenvalue weighted by Crippen LogP contribution is -2.46. The van der Waals surface area contributed by atoms with Crippen molar-refractivity contribution in [2.45, 2.75) is 13.8 Å². The highest BCUT2D eigenvalue weighted by Crippen LogP contribution is 2.33. The van der Waals surface area contributed by atoms with Crippen LogP contribution in [0, 0.1) is 18.6 Å². The van der Waals surface area contributed by atoms with Gasteiger partial charge in [-0.3, -0.25) is 14.9 Å². The molecular formula is C25H23F2N5O2S. The van der Waals surface area contributed by atoms with Crippen LogP contribution in [0.25, 0.3) is 28.2 Å². The summed E-state index contributed by atoms with van der Waals surface area (Å²) in [5, 5.41) is 2.09. The standard InChI is InChI=1S/C25H23F2N5O2S/c1-3-31-6-8-32(9-7-31)20-5-4-16(13-18(20)26)22-17-10-15(12-21-24(33)30-25(34)35-21)11-19(27)23(17)29-14(2)28-22/h4-5,10-13H,3,6-9H2,1-2H3,(H,30,33,34). The molecule has 0 atom stereocenters. The first-order chi connectivity index (χ1) is 16.8. The number of piperazine rings is 1. The van der Waals surface area contributed by atoms with Crippen LogP contribution in [0.3, 0.4) is 0 Å². The van der Waals surface area contributed by atoms with Crippen molar-refractivity contribution in [3.8, 4) is 11.3 Å². The number of carbonyl (C=O) groups is 2. The van der Waals surface area contributed by atoms with Crippen molar-refractivity contribution in [3.63, 3.8) is 0 Å². The van der Waals surface area contributed by atoms with Crippen LogP contribution < -0.4 is 10.2 Å². The average molecular weight is 496 g/mol. The van der Waals surface area contributed by atoms with E-state index in [1.54, 1.807) is 25.1 Å². The van der Waals surface area contributed by atoms with E-state index in [1.807, 2.05) is 4.90 Å². The fourth-order valence-corrected chi connectivity index (χ4v) is 5.10. The summed E-state index contributed by atoms with van der Waals surface area (Å²) in [6.45, 7) is 8.00. The quantitative estimate of drug-likeness (QED) is 0.539. The van der Waals surface area contributed by atoms with E-state index in [0.29, 0.717) is 33.7 Å². The molecule has 1 N–H and O–H groups in total. The Morgan fingerprint density at radius 1 is 1.06 bits per heavy atom. The van der Waals surface area contributed by atoms with Crippen molar-refractivity contribution >= 4 is 45.6 Å². The number of thioether (sulfide) groups is 1. The van der Waals surface area contributed by atoms with Gasteiger partial charge in [0.15, 0.2) is 0 Å². The summed E-state index contributed by atoms with van der Waals surface area (Å²) in [4.78, 5) is 36.6. The Balaban J connectivity index is 1.55. The Hall–Kier alpha value is -3.37. The van der Waals surface area contributed by atoms with Gasteiger partial charge in [-0.1, -0.05) is 13.0 Å². The van der Waals surface area contributed by atoms with Crippen LogP contribution in [0.5, 0.6) is 0 Å². The third-order valence-corrected chi connectivity index (χ3v) is 7.02. The molecule has 2 aromatic carbocycles. The molecule has 0 radical (unpaired) electrons. The summed E-state index contributed by atoms with van der Waals surface area (Å²) in [5.74, 6) is -1.14. The lowest BCUT2D eigenvalue weighted by molar-refractivity contribution is -0.115. The third-order valence-electron chi connectivity index (χ3n) is 6.21. The first-order valence-corrected chi connectivity index (χ1v) is 12.1. The lowest BCUT2D eigenvalue weighted by Gasteiger charge is -2.35. The van der Waals surface area contributed by atoms with Gasteiger partial charge in [-0.25, -0.2) is 18.7 Å². The minimum atomic E-state index is -0.596. The van der Waals surface area contributed by atoms with Crippen molar-refractivity contribution in [1.82, 2.24) is 20.2 Å². The summed E-state index contributed by atoms with van der Waals surface area (Å²) in [6, 6.07) is 7.84. The second-order valence-electron chi connectivity index (χ2n) is 8.46. The second kappa shape index (κ2) is 9.35. The molecule has 3 heterocycles. The monoisotopic (exact) mass is 495 g/mol. The second-order valence-corrected chi connectivity index (χ2v) is 9.47. The molecule has 2 amide bonds. The van der Waals surface area contributed by atoms with Gasteiger partial charge in [-0.05, 0) is 61.1 Å². The number of anilines is 1. The Bertz CT molecular complexity index is 1390. The van der Waals surface area contributed by atoms with Crippen LogP contribution in [0.1, 0.15) is 18.3 Å². The molecule has 0 saturated carbocycles. The maximum absolute atomic E-state index is 15.2. The number of fused-ring (bicyclic) bond motifs is 1. The van der Waals surface area contributed by atoms with E-state index in [2.05, 4.69) is 27.1 Å². The summed E-state index contributed by atoms with van der Waals surface area (Å²) >= 11 is 0.752. The number of imide groups is 1. The largest absolute Gasteiger partial charge is 0.367 e. The van der Waals surface area contributed by atoms with E-state index >= 15 is 8.78 Å². The summed E-state index contributed by atoms with van der Waals surface area (Å²) < 4.78 is 30.3. The van der Waals surface area contributed by atoms with Crippen molar-refractivity contribution in [2.75, 3.05) is 37.6 Å². The molecule has 0 bridgehead atoms. The molecule has 1 aromatic heterocycles. The van der Waals surface area contributed by atoms with Crippen LogP contribution in [0.2, 0.25) is 0 Å². The number of carbonyl (C=O) groups excluding carboxylic acids is 2. The third kappa shape index (κ3) is 4.63. The topological polar surface area (TPSA) is 78.4 Å². The van der Waals surface area contributed by atoms with Crippen LogP contribution in [0.15, 0.2) is 35.2 Å². The van der Waals surface area contributed by atoms with Gasteiger partial charge < -0.3 is 9.80 Å². The summed E-state index contributed by atoms with van der Waals surface area (Å²) in [6.07, 6.45) is 1.44. The molecule has 5 rings (SSSR count). The average Bonchev–Trinajstić information content (AvgIpc) is 3.15. The Morgan fingerprint density at radius 2 is 1.83 bits per heavy atom. The smallest absolute Gasteiger partial charge is 0.290 e. The van der Waals surface area contributed by atoms with Crippen molar-refractivity contribution in [2.24, 2.45) is 0 Å². The normalized spacial score (nSPS) is 18.1. The van der Waals surface area contributed by atoms with Crippen LogP contribution in [-0.2, 0) is 4.79 Å². The maximum Gasteiger partial charge on any atom is 0.290 e. The fraction of sp³-hybridized carbons (Fsp3) is 0.280. The molecule has 0 spiro atoms. The first kappa shape index (κ1) is 23.4. The molecule has 3 aromatic rings. The van der Waals surface area contributed by atoms with E-state index < -0.39 is 17.0 Å². The number of benzene rings is 2. The van der Waals surface area contributed by atoms with Gasteiger partial charge in [-0.2, -0.15) is 0 Å². The zero-order valence-corrected chi connectivity index (χ0v) is 20.1. The number of amides is 2. The number of nitrogens with zero attached hydrogens (tertiary/aromatic N) is 4. The molecule has 0 aliphatic carbocycles. The molecule has 180 valence electrons. The zero-order valence-electron chi connectivity index (χ0n) is 19.3. The minimum Gasteiger partial charge on any atom is -0.367 e. The van der Waals surface area contributed by atoms with Gasteiger partial charge in [0.2, 0.25) is 0 Å². The van der Waals surface area contributed by atoms with Gasteiger partial charge >= 0.3 is 0 Å². The molecule has 35 heavy (non-hydrogen) atoms. The van der Waals surface area contributed by atoms with Gasteiger partial charge in [0, 0.05) is 37.1 Å². The zero-order chi connectivity index (χ0) is 24.7. The van der Waals surface area contributed by atoms with Crippen molar-refractivity contribution in [3.05, 3.63) is 58.3 Å². The number of rotatable bonds is 4. The lowest BCUT2D eigenvalue weighted by atomic mass is 10.0. The Morgan fingerprint density at radius 3 is 2.49 bits per heavy atom. The highest BCUT2D eigenvalue weighted by molar-refractivity contribution is 8.18. The molecule has 10 heteroatoms. The fourth-order valence-electron chi connectivity index (χ4n) is 4.41. The molecular weight excluding hydrogens is 472 g/mol. The van der Waals surface area contributed by atoms with Gasteiger partial charge in [0.25, 0.3) is 11.1 Å². The molecule has 2 aliphatic rings. The predicted octanol–water partition coefficient (Wildman–Crippen LogP) is 4.35. The number of likely N-dealkylation sites (N-methyl/N-ethyl adjacent to an activating group) is 1. The van der Waals surface area contributed by atoms with E-state index in [0.717, 1.165) is 44.5 Å². The number of aromatic nitrogens is 2. The molecule has 0 unspecified atom stereocenters. The predicted molar refractivity (Wildman–Crippen MR) is 133 cm³/mol. The van der Waals surface area contributed by atoms with E-state index in [-0.39, 0.29) is 16.2 Å². The maximum atomic E-state index is 15.2. The first-order valence-electron chi connectivity index (χ1n) is 11.3. The van der Waals surface area contributed by atoms with E-state index in [4.69, 9.17) is 0 Å². The number of hydrogen-bond donors (Lipinski definition) is 1. The Labute approximate surface area is 205 Å². The highest BCUT2D eigenvalue weighted by atomic mass is 32.2. The van der Waals surface area contributed by atoms with Crippen LogP contribution in [0.4, 0.5) is 19.3 Å². The van der Waals surface area contributed by atoms with Crippen molar-refractivity contribution < 1.29 is 18.4 Å². The van der Waals surface area contributed by atoms with Gasteiger partial charge in [-0.15, -0.1) is 0 Å². The number of nitrogens with one attached hydrogen (secondary N) is 1. The van der Waals surface area contributed by atoms with E-state index in [1.165, 1.54) is 18.2 Å². The molecule has 7 nitrogen and oxygen atoms in total. The number of aryl methyl sites for hydroxylation is 1. The van der Waals surface area contributed by atoms with Gasteiger partial charge in [0.05, 0.1) is 16.3 Å². The van der Waals surface area contributed by atoms with Crippen molar-refractivity contribution in [1.29, 1.82) is 0 Å². The number of hydrogen-bond acceptors (Lipinski definition) is 7. The highest BCUT2D eigenvalue weighted by Gasteiger charge is 2.25. The molecule has 2 fully saturated rings. The van der Waals surface area contributed by atoms with Gasteiger partial charge in [0.1, 0.15) is 23.0 Å². The summed E-state index contributed by atoms with van der Waals surface area (Å²) in [5.41, 5.74) is 1.91. The van der Waals surface area contributed by atoms with Crippen LogP contribution >= 0.6 is 11.8 Å². The van der Waals surface area contributed by atoms with Crippen LogP contribution in [-0.4, -0.2) is 58.7 Å². The van der Waals surface area contributed by atoms with E-state index in [9.17, 15) is 9.59 Å². The Kier molecular flexibility index (Phi) is 6.24. The minimum absolute atomic E-state index is 0.106. The number of halogens is 2. The SMILES string of the molecule is CCN1CCN(c2ccc(-c3nc(C)nc4c(F)cc(C=C5SC(=O)NC5=O)cc34)cc2F)CC1. The summed E-state index contributed by atoms with van der Waals surface area (Å²) in [7, 11) is 0. The molecule has 2 saturated heterocycles. The molecule has 2 aliphatic heterocycles.